The number of rotatable bonds is 6. The average molecular weight is 325 g/mol. The van der Waals surface area contributed by atoms with Gasteiger partial charge in [-0.1, -0.05) is 12.1 Å². The van der Waals surface area contributed by atoms with Crippen LogP contribution in [0, 0.1) is 13.8 Å². The molecule has 1 N–H and O–H groups in total. The maximum atomic E-state index is 12.1. The molecule has 2 amide bonds. The summed E-state index contributed by atoms with van der Waals surface area (Å²) in [5.41, 5.74) is 3.97. The molecule has 0 aliphatic rings. The van der Waals surface area contributed by atoms with Gasteiger partial charge in [0.15, 0.2) is 0 Å². The van der Waals surface area contributed by atoms with Crippen LogP contribution in [0.15, 0.2) is 42.7 Å². The summed E-state index contributed by atoms with van der Waals surface area (Å²) in [6, 6.07) is 9.70. The van der Waals surface area contributed by atoms with Gasteiger partial charge in [0.05, 0.1) is 0 Å². The fourth-order valence-electron chi connectivity index (χ4n) is 2.46. The van der Waals surface area contributed by atoms with Crippen molar-refractivity contribution in [1.29, 1.82) is 0 Å². The van der Waals surface area contributed by atoms with Crippen LogP contribution in [-0.2, 0) is 16.1 Å². The summed E-state index contributed by atoms with van der Waals surface area (Å²) in [5, 5.41) is 2.87. The zero-order valence-electron chi connectivity index (χ0n) is 14.4. The Bertz CT molecular complexity index is 714. The minimum atomic E-state index is -0.0802. The van der Waals surface area contributed by atoms with E-state index < -0.39 is 0 Å². The maximum absolute atomic E-state index is 12.1. The normalized spacial score (nSPS) is 10.3. The van der Waals surface area contributed by atoms with Crippen LogP contribution >= 0.6 is 0 Å². The molecule has 0 saturated heterocycles. The van der Waals surface area contributed by atoms with Crippen molar-refractivity contribution in [3.8, 4) is 0 Å². The molecule has 126 valence electrons. The molecular weight excluding hydrogens is 302 g/mol. The number of hydrogen-bond donors (Lipinski definition) is 1. The Morgan fingerprint density at radius 3 is 2.50 bits per heavy atom. The van der Waals surface area contributed by atoms with Crippen molar-refractivity contribution < 1.29 is 9.59 Å². The molecule has 1 aromatic heterocycles. The van der Waals surface area contributed by atoms with Crippen molar-refractivity contribution in [2.24, 2.45) is 0 Å². The molecule has 5 nitrogen and oxygen atoms in total. The standard InChI is InChI=1S/C19H23N3O2/c1-14-4-5-15(2)18(12-14)22(16(3)23)11-8-19(24)21-13-17-6-9-20-10-7-17/h4-7,9-10,12H,8,11,13H2,1-3H3,(H,21,24). The molecule has 2 rings (SSSR count). The first kappa shape index (κ1) is 17.7. The zero-order valence-corrected chi connectivity index (χ0v) is 14.4. The number of carbonyl (C=O) groups is 2. The number of nitrogens with one attached hydrogen (secondary N) is 1. The van der Waals surface area contributed by atoms with Crippen LogP contribution in [0.2, 0.25) is 0 Å². The largest absolute Gasteiger partial charge is 0.352 e. The molecule has 0 unspecified atom stereocenters. The Labute approximate surface area is 142 Å². The second-order valence-electron chi connectivity index (χ2n) is 5.84. The lowest BCUT2D eigenvalue weighted by molar-refractivity contribution is -0.121. The molecule has 1 aromatic carbocycles. The number of carbonyl (C=O) groups excluding carboxylic acids is 2. The van der Waals surface area contributed by atoms with Crippen LogP contribution in [0.1, 0.15) is 30.0 Å². The Kier molecular flexibility index (Phi) is 6.07. The second kappa shape index (κ2) is 8.24. The first-order valence-corrected chi connectivity index (χ1v) is 7.98. The van der Waals surface area contributed by atoms with Crippen molar-refractivity contribution >= 4 is 17.5 Å². The topological polar surface area (TPSA) is 62.3 Å². The van der Waals surface area contributed by atoms with Gasteiger partial charge in [-0.05, 0) is 48.7 Å². The minimum absolute atomic E-state index is 0.0642. The number of hydrogen-bond acceptors (Lipinski definition) is 3. The fourth-order valence-corrected chi connectivity index (χ4v) is 2.46. The van der Waals surface area contributed by atoms with Crippen molar-refractivity contribution in [1.82, 2.24) is 10.3 Å². The van der Waals surface area contributed by atoms with Crippen LogP contribution < -0.4 is 10.2 Å². The van der Waals surface area contributed by atoms with Crippen molar-refractivity contribution in [2.45, 2.75) is 33.7 Å². The predicted molar refractivity (Wildman–Crippen MR) is 94.6 cm³/mol. The highest BCUT2D eigenvalue weighted by Gasteiger charge is 2.15. The third-order valence-corrected chi connectivity index (χ3v) is 3.84. The lowest BCUT2D eigenvalue weighted by atomic mass is 10.1. The van der Waals surface area contributed by atoms with E-state index >= 15 is 0 Å². The van der Waals surface area contributed by atoms with E-state index in [0.717, 1.165) is 22.4 Å². The molecule has 24 heavy (non-hydrogen) atoms. The Morgan fingerprint density at radius 1 is 1.12 bits per heavy atom. The molecule has 0 spiro atoms. The highest BCUT2D eigenvalue weighted by atomic mass is 16.2. The van der Waals surface area contributed by atoms with E-state index in [0.29, 0.717) is 13.1 Å². The third-order valence-electron chi connectivity index (χ3n) is 3.84. The predicted octanol–water partition coefficient (Wildman–Crippen LogP) is 2.76. The number of aryl methyl sites for hydroxylation is 2. The number of anilines is 1. The van der Waals surface area contributed by atoms with Gasteiger partial charge in [0.25, 0.3) is 0 Å². The van der Waals surface area contributed by atoms with Crippen LogP contribution in [0.25, 0.3) is 0 Å². The summed E-state index contributed by atoms with van der Waals surface area (Å²) in [5.74, 6) is -0.144. The fraction of sp³-hybridized carbons (Fsp3) is 0.316. The van der Waals surface area contributed by atoms with Gasteiger partial charge in [0.2, 0.25) is 11.8 Å². The van der Waals surface area contributed by atoms with E-state index in [4.69, 9.17) is 0 Å². The zero-order chi connectivity index (χ0) is 17.5. The van der Waals surface area contributed by atoms with E-state index in [1.54, 1.807) is 17.3 Å². The van der Waals surface area contributed by atoms with Gasteiger partial charge >= 0.3 is 0 Å². The third kappa shape index (κ3) is 4.91. The molecule has 0 saturated carbocycles. The minimum Gasteiger partial charge on any atom is -0.352 e. The molecule has 0 aliphatic carbocycles. The van der Waals surface area contributed by atoms with Gasteiger partial charge in [-0.2, -0.15) is 0 Å². The number of benzene rings is 1. The monoisotopic (exact) mass is 325 g/mol. The van der Waals surface area contributed by atoms with E-state index in [1.807, 2.05) is 44.2 Å². The summed E-state index contributed by atoms with van der Waals surface area (Å²) >= 11 is 0. The summed E-state index contributed by atoms with van der Waals surface area (Å²) in [6.45, 7) is 6.31. The van der Waals surface area contributed by atoms with Gasteiger partial charge in [0, 0.05) is 44.5 Å². The first-order valence-electron chi connectivity index (χ1n) is 7.98. The quantitative estimate of drug-likeness (QED) is 0.888. The molecule has 5 heteroatoms. The van der Waals surface area contributed by atoms with E-state index in [-0.39, 0.29) is 18.2 Å². The van der Waals surface area contributed by atoms with Gasteiger partial charge < -0.3 is 10.2 Å². The van der Waals surface area contributed by atoms with Crippen molar-refractivity contribution in [2.75, 3.05) is 11.4 Å². The van der Waals surface area contributed by atoms with E-state index in [2.05, 4.69) is 10.3 Å². The summed E-state index contributed by atoms with van der Waals surface area (Å²) in [7, 11) is 0. The number of amides is 2. The molecule has 2 aromatic rings. The van der Waals surface area contributed by atoms with Gasteiger partial charge in [-0.25, -0.2) is 0 Å². The second-order valence-corrected chi connectivity index (χ2v) is 5.84. The number of nitrogens with zero attached hydrogens (tertiary/aromatic N) is 2. The average Bonchev–Trinajstić information content (AvgIpc) is 2.57. The van der Waals surface area contributed by atoms with Gasteiger partial charge in [0.1, 0.15) is 0 Å². The summed E-state index contributed by atoms with van der Waals surface area (Å²) in [4.78, 5) is 29.7. The SMILES string of the molecule is CC(=O)N(CCC(=O)NCc1ccncc1)c1cc(C)ccc1C. The maximum Gasteiger partial charge on any atom is 0.223 e. The highest BCUT2D eigenvalue weighted by Crippen LogP contribution is 2.22. The molecular formula is C19H23N3O2. The smallest absolute Gasteiger partial charge is 0.223 e. The summed E-state index contributed by atoms with van der Waals surface area (Å²) in [6.07, 6.45) is 3.65. The molecule has 0 fully saturated rings. The van der Waals surface area contributed by atoms with E-state index in [9.17, 15) is 9.59 Å². The number of aromatic nitrogens is 1. The molecule has 0 atom stereocenters. The Hall–Kier alpha value is -2.69. The molecule has 1 heterocycles. The summed E-state index contributed by atoms with van der Waals surface area (Å²) < 4.78 is 0. The van der Waals surface area contributed by atoms with E-state index in [1.165, 1.54) is 6.92 Å². The number of pyridine rings is 1. The Balaban J connectivity index is 1.95. The highest BCUT2D eigenvalue weighted by molar-refractivity contribution is 5.93. The lowest BCUT2D eigenvalue weighted by Crippen LogP contribution is -2.34. The first-order chi connectivity index (χ1) is 11.5. The lowest BCUT2D eigenvalue weighted by Gasteiger charge is -2.23. The molecule has 0 radical (unpaired) electrons. The van der Waals surface area contributed by atoms with Crippen LogP contribution in [-0.4, -0.2) is 23.3 Å². The van der Waals surface area contributed by atoms with Crippen molar-refractivity contribution in [3.05, 3.63) is 59.4 Å². The van der Waals surface area contributed by atoms with Gasteiger partial charge in [-0.3, -0.25) is 14.6 Å². The molecule has 0 bridgehead atoms. The van der Waals surface area contributed by atoms with Crippen molar-refractivity contribution in [3.63, 3.8) is 0 Å². The van der Waals surface area contributed by atoms with Crippen LogP contribution in [0.3, 0.4) is 0 Å². The van der Waals surface area contributed by atoms with Crippen LogP contribution in [0.5, 0.6) is 0 Å². The van der Waals surface area contributed by atoms with Gasteiger partial charge in [-0.15, -0.1) is 0 Å². The molecule has 0 aliphatic heterocycles. The van der Waals surface area contributed by atoms with Crippen LogP contribution in [0.4, 0.5) is 5.69 Å². The Morgan fingerprint density at radius 2 is 1.83 bits per heavy atom.